The Morgan fingerprint density at radius 1 is 1.50 bits per heavy atom. The van der Waals surface area contributed by atoms with Gasteiger partial charge in [-0.2, -0.15) is 0 Å². The van der Waals surface area contributed by atoms with E-state index in [1.54, 1.807) is 17.5 Å². The van der Waals surface area contributed by atoms with Crippen LogP contribution in [0, 0.1) is 0 Å². The molecule has 0 amide bonds. The number of nitrogens with one attached hydrogen (secondary N) is 1. The van der Waals surface area contributed by atoms with Crippen molar-refractivity contribution in [2.45, 2.75) is 19.0 Å². The molecule has 20 heavy (non-hydrogen) atoms. The van der Waals surface area contributed by atoms with E-state index in [0.29, 0.717) is 13.0 Å². The lowest BCUT2D eigenvalue weighted by Gasteiger charge is -2.16. The largest absolute Gasteiger partial charge is 0.469 e. The first kappa shape index (κ1) is 15.2. The molecular weight excluding hydrogens is 340 g/mol. The summed E-state index contributed by atoms with van der Waals surface area (Å²) in [5, 5.41) is 5.35. The number of aromatic nitrogens is 1. The third-order valence-corrected chi connectivity index (χ3v) is 4.26. The van der Waals surface area contributed by atoms with Crippen LogP contribution in [0.5, 0.6) is 0 Å². The van der Waals surface area contributed by atoms with Crippen molar-refractivity contribution >= 4 is 33.2 Å². The Balaban J connectivity index is 2.00. The van der Waals surface area contributed by atoms with Crippen molar-refractivity contribution in [3.8, 4) is 0 Å². The van der Waals surface area contributed by atoms with E-state index in [1.807, 2.05) is 29.6 Å². The van der Waals surface area contributed by atoms with Gasteiger partial charge in [0.2, 0.25) is 0 Å². The molecule has 0 aliphatic carbocycles. The summed E-state index contributed by atoms with van der Waals surface area (Å²) in [4.78, 5) is 16.9. The molecule has 106 valence electrons. The van der Waals surface area contributed by atoms with Gasteiger partial charge >= 0.3 is 5.97 Å². The summed E-state index contributed by atoms with van der Waals surface area (Å²) < 4.78 is 5.70. The minimum atomic E-state index is -0.223. The van der Waals surface area contributed by atoms with Crippen LogP contribution in [0.4, 0.5) is 0 Å². The monoisotopic (exact) mass is 354 g/mol. The lowest BCUT2D eigenvalue weighted by Crippen LogP contribution is -2.23. The Bertz CT molecular complexity index is 543. The lowest BCUT2D eigenvalue weighted by molar-refractivity contribution is -0.141. The van der Waals surface area contributed by atoms with E-state index in [1.165, 1.54) is 7.11 Å². The van der Waals surface area contributed by atoms with E-state index in [2.05, 4.69) is 26.2 Å². The number of nitrogens with zero attached hydrogens (tertiary/aromatic N) is 1. The van der Waals surface area contributed by atoms with Gasteiger partial charge in [0.1, 0.15) is 0 Å². The van der Waals surface area contributed by atoms with Crippen molar-refractivity contribution in [1.82, 2.24) is 10.3 Å². The maximum absolute atomic E-state index is 11.5. The van der Waals surface area contributed by atoms with Crippen molar-refractivity contribution in [3.05, 3.63) is 50.9 Å². The van der Waals surface area contributed by atoms with E-state index < -0.39 is 0 Å². The molecule has 2 aromatic rings. The van der Waals surface area contributed by atoms with Crippen LogP contribution in [0.1, 0.15) is 23.0 Å². The smallest absolute Gasteiger partial charge is 0.307 e. The van der Waals surface area contributed by atoms with Gasteiger partial charge in [-0.15, -0.1) is 11.3 Å². The van der Waals surface area contributed by atoms with Gasteiger partial charge in [-0.05, 0) is 39.5 Å². The molecule has 0 aromatic carbocycles. The van der Waals surface area contributed by atoms with Crippen molar-refractivity contribution < 1.29 is 9.53 Å². The quantitative estimate of drug-likeness (QED) is 0.808. The van der Waals surface area contributed by atoms with E-state index in [4.69, 9.17) is 4.74 Å². The number of thiophene rings is 1. The van der Waals surface area contributed by atoms with Gasteiger partial charge in [0.25, 0.3) is 0 Å². The standard InChI is InChI=1S/C14H15BrN2O2S/c1-19-14(18)7-12(13-3-2-6-20-13)17-9-11-5-4-10(15)8-16-11/h2-6,8,12,17H,7,9H2,1H3. The number of methoxy groups -OCH3 is 1. The fourth-order valence-electron chi connectivity index (χ4n) is 1.75. The maximum atomic E-state index is 11.5. The molecule has 0 fully saturated rings. The molecule has 1 atom stereocenters. The van der Waals surface area contributed by atoms with E-state index >= 15 is 0 Å². The molecule has 0 radical (unpaired) electrons. The number of pyridine rings is 1. The summed E-state index contributed by atoms with van der Waals surface area (Å²) in [6.45, 7) is 0.604. The van der Waals surface area contributed by atoms with E-state index in [9.17, 15) is 4.79 Å². The Kier molecular flexibility index (Phi) is 5.70. The summed E-state index contributed by atoms with van der Waals surface area (Å²) >= 11 is 4.98. The summed E-state index contributed by atoms with van der Waals surface area (Å²) in [6.07, 6.45) is 2.07. The zero-order valence-electron chi connectivity index (χ0n) is 11.0. The summed E-state index contributed by atoms with van der Waals surface area (Å²) in [6, 6.07) is 7.84. The third kappa shape index (κ3) is 4.40. The first-order valence-electron chi connectivity index (χ1n) is 6.13. The average Bonchev–Trinajstić information content (AvgIpc) is 2.99. The van der Waals surface area contributed by atoms with Crippen molar-refractivity contribution in [2.24, 2.45) is 0 Å². The molecule has 2 aromatic heterocycles. The number of carbonyl (C=O) groups is 1. The Hall–Kier alpha value is -1.24. The Labute approximate surface area is 130 Å². The molecule has 1 unspecified atom stereocenters. The van der Waals surface area contributed by atoms with E-state index in [-0.39, 0.29) is 12.0 Å². The summed E-state index contributed by atoms with van der Waals surface area (Å²) in [7, 11) is 1.41. The highest BCUT2D eigenvalue weighted by atomic mass is 79.9. The molecular formula is C14H15BrN2O2S. The van der Waals surface area contributed by atoms with Crippen LogP contribution in [-0.2, 0) is 16.1 Å². The molecule has 0 saturated carbocycles. The van der Waals surface area contributed by atoms with Gasteiger partial charge < -0.3 is 10.1 Å². The van der Waals surface area contributed by atoms with Crippen LogP contribution in [-0.4, -0.2) is 18.1 Å². The zero-order valence-corrected chi connectivity index (χ0v) is 13.4. The molecule has 0 spiro atoms. The zero-order chi connectivity index (χ0) is 14.4. The maximum Gasteiger partial charge on any atom is 0.307 e. The first-order valence-corrected chi connectivity index (χ1v) is 7.80. The number of carbonyl (C=O) groups excluding carboxylic acids is 1. The average molecular weight is 355 g/mol. The number of hydrogen-bond acceptors (Lipinski definition) is 5. The fourth-order valence-corrected chi connectivity index (χ4v) is 2.79. The molecule has 6 heteroatoms. The third-order valence-electron chi connectivity index (χ3n) is 2.80. The topological polar surface area (TPSA) is 51.2 Å². The molecule has 2 heterocycles. The van der Waals surface area contributed by atoms with Crippen LogP contribution in [0.3, 0.4) is 0 Å². The molecule has 1 N–H and O–H groups in total. The van der Waals surface area contributed by atoms with Gasteiger partial charge in [0, 0.05) is 22.1 Å². The SMILES string of the molecule is COC(=O)CC(NCc1ccc(Br)cn1)c1cccs1. The second kappa shape index (κ2) is 7.52. The van der Waals surface area contributed by atoms with Gasteiger partial charge in [0.15, 0.2) is 0 Å². The fraction of sp³-hybridized carbons (Fsp3) is 0.286. The molecule has 0 aliphatic heterocycles. The minimum absolute atomic E-state index is 0.0482. The Morgan fingerprint density at radius 2 is 2.35 bits per heavy atom. The van der Waals surface area contributed by atoms with Crippen LogP contribution in [0.25, 0.3) is 0 Å². The van der Waals surface area contributed by atoms with Crippen molar-refractivity contribution in [2.75, 3.05) is 7.11 Å². The predicted octanol–water partition coefficient (Wildman–Crippen LogP) is 3.30. The second-order valence-electron chi connectivity index (χ2n) is 4.20. The summed E-state index contributed by atoms with van der Waals surface area (Å²) in [5.41, 5.74) is 0.930. The van der Waals surface area contributed by atoms with Crippen molar-refractivity contribution in [3.63, 3.8) is 0 Å². The van der Waals surface area contributed by atoms with Gasteiger partial charge in [0.05, 0.1) is 25.3 Å². The minimum Gasteiger partial charge on any atom is -0.469 e. The normalized spacial score (nSPS) is 12.1. The first-order chi connectivity index (χ1) is 9.69. The van der Waals surface area contributed by atoms with Gasteiger partial charge in [-0.1, -0.05) is 6.07 Å². The lowest BCUT2D eigenvalue weighted by atomic mass is 10.1. The highest BCUT2D eigenvalue weighted by Crippen LogP contribution is 2.23. The second-order valence-corrected chi connectivity index (χ2v) is 6.09. The highest BCUT2D eigenvalue weighted by molar-refractivity contribution is 9.10. The number of esters is 1. The molecule has 0 bridgehead atoms. The Morgan fingerprint density at radius 3 is 2.95 bits per heavy atom. The van der Waals surface area contributed by atoms with E-state index in [0.717, 1.165) is 15.0 Å². The van der Waals surface area contributed by atoms with Crippen LogP contribution in [0.2, 0.25) is 0 Å². The van der Waals surface area contributed by atoms with Crippen LogP contribution in [0.15, 0.2) is 40.3 Å². The number of hydrogen-bond donors (Lipinski definition) is 1. The predicted molar refractivity (Wildman–Crippen MR) is 82.5 cm³/mol. The number of ether oxygens (including phenoxy) is 1. The van der Waals surface area contributed by atoms with Crippen LogP contribution < -0.4 is 5.32 Å². The van der Waals surface area contributed by atoms with Gasteiger partial charge in [-0.3, -0.25) is 9.78 Å². The number of rotatable bonds is 6. The molecule has 0 aliphatic rings. The van der Waals surface area contributed by atoms with Gasteiger partial charge in [-0.25, -0.2) is 0 Å². The van der Waals surface area contributed by atoms with Crippen molar-refractivity contribution in [1.29, 1.82) is 0 Å². The molecule has 2 rings (SSSR count). The molecule has 0 saturated heterocycles. The number of halogens is 1. The molecule has 4 nitrogen and oxygen atoms in total. The summed E-state index contributed by atoms with van der Waals surface area (Å²) in [5.74, 6) is -0.223. The highest BCUT2D eigenvalue weighted by Gasteiger charge is 2.17. The van der Waals surface area contributed by atoms with Crippen LogP contribution >= 0.6 is 27.3 Å².